The first-order valence-corrected chi connectivity index (χ1v) is 13.8. The molecule has 3 N–H and O–H groups in total. The van der Waals surface area contributed by atoms with Crippen molar-refractivity contribution >= 4 is 0 Å². The van der Waals surface area contributed by atoms with Crippen LogP contribution in [-0.2, 0) is 22.6 Å². The molecule has 0 aliphatic carbocycles. The second kappa shape index (κ2) is 12.8. The highest BCUT2D eigenvalue weighted by atomic mass is 16.7. The van der Waals surface area contributed by atoms with Gasteiger partial charge in [0.1, 0.15) is 0 Å². The molecule has 196 valence electrons. The molecule has 3 aromatic rings. The lowest BCUT2D eigenvalue weighted by Crippen LogP contribution is -2.45. The first kappa shape index (κ1) is 26.1. The Balaban J connectivity index is 1.51. The van der Waals surface area contributed by atoms with E-state index in [1.54, 1.807) is 0 Å². The molecule has 5 heteroatoms. The van der Waals surface area contributed by atoms with E-state index in [4.69, 9.17) is 15.2 Å². The van der Waals surface area contributed by atoms with Gasteiger partial charge in [0.15, 0.2) is 6.29 Å². The first-order chi connectivity index (χ1) is 18.2. The number of likely N-dealkylation sites (tertiary alicyclic amines) is 1. The molecular formula is C32H40N2O3. The summed E-state index contributed by atoms with van der Waals surface area (Å²) >= 11 is 0. The van der Waals surface area contributed by atoms with Gasteiger partial charge in [-0.15, -0.1) is 0 Å². The summed E-state index contributed by atoms with van der Waals surface area (Å²) in [6.07, 6.45) is 5.78. The number of hydrogen-bond donors (Lipinski definition) is 2. The summed E-state index contributed by atoms with van der Waals surface area (Å²) in [5.41, 5.74) is 11.2. The van der Waals surface area contributed by atoms with Crippen molar-refractivity contribution in [3.05, 3.63) is 107 Å². The Bertz CT molecular complexity index is 1080. The highest BCUT2D eigenvalue weighted by Gasteiger charge is 2.42. The van der Waals surface area contributed by atoms with Crippen molar-refractivity contribution in [1.82, 2.24) is 4.90 Å². The molecule has 0 spiro atoms. The lowest BCUT2D eigenvalue weighted by Gasteiger charge is -2.44. The third-order valence-corrected chi connectivity index (χ3v) is 7.85. The Morgan fingerprint density at radius 2 is 1.32 bits per heavy atom. The zero-order chi connectivity index (χ0) is 25.5. The Labute approximate surface area is 221 Å². The number of ether oxygens (including phenoxy) is 2. The van der Waals surface area contributed by atoms with Crippen LogP contribution in [0.25, 0.3) is 0 Å². The number of nitrogens with two attached hydrogens (primary N) is 1. The molecule has 4 unspecified atom stereocenters. The maximum absolute atomic E-state index is 9.60. The minimum absolute atomic E-state index is 0.0303. The van der Waals surface area contributed by atoms with E-state index < -0.39 is 6.29 Å². The maximum Gasteiger partial charge on any atom is 0.184 e. The van der Waals surface area contributed by atoms with Crippen molar-refractivity contribution in [2.75, 3.05) is 19.6 Å². The predicted molar refractivity (Wildman–Crippen MR) is 147 cm³/mol. The van der Waals surface area contributed by atoms with Gasteiger partial charge in [-0.1, -0.05) is 98.1 Å². The fraction of sp³-hybridized carbons (Fsp3) is 0.438. The van der Waals surface area contributed by atoms with Gasteiger partial charge in [-0.2, -0.15) is 0 Å². The van der Waals surface area contributed by atoms with Gasteiger partial charge < -0.3 is 25.2 Å². The van der Waals surface area contributed by atoms with Gasteiger partial charge in [0, 0.05) is 24.6 Å². The van der Waals surface area contributed by atoms with Crippen molar-refractivity contribution in [2.45, 2.75) is 69.7 Å². The molecule has 0 radical (unpaired) electrons. The van der Waals surface area contributed by atoms with Gasteiger partial charge in [-0.05, 0) is 48.2 Å². The van der Waals surface area contributed by atoms with Gasteiger partial charge >= 0.3 is 0 Å². The van der Waals surface area contributed by atoms with Crippen LogP contribution in [0.2, 0.25) is 0 Å². The molecule has 2 aliphatic rings. The molecule has 0 bridgehead atoms. The van der Waals surface area contributed by atoms with E-state index in [0.29, 0.717) is 6.54 Å². The SMILES string of the molecule is NCc1ccc(C2OC(CN3CCCCCCC3)C(c3ccccc3)C(c3ccc(CO)cc3)O2)cc1. The topological polar surface area (TPSA) is 68.0 Å². The average Bonchev–Trinajstić information content (AvgIpc) is 2.94. The molecule has 37 heavy (non-hydrogen) atoms. The smallest absolute Gasteiger partial charge is 0.184 e. The summed E-state index contributed by atoms with van der Waals surface area (Å²) < 4.78 is 13.7. The molecule has 0 aromatic heterocycles. The second-order valence-electron chi connectivity index (χ2n) is 10.4. The number of aliphatic hydroxyl groups is 1. The average molecular weight is 501 g/mol. The molecule has 5 rings (SSSR count). The Morgan fingerprint density at radius 3 is 1.97 bits per heavy atom. The van der Waals surface area contributed by atoms with Crippen LogP contribution in [-0.4, -0.2) is 35.7 Å². The molecule has 5 nitrogen and oxygen atoms in total. The largest absolute Gasteiger partial charge is 0.392 e. The van der Waals surface area contributed by atoms with E-state index in [1.165, 1.54) is 37.7 Å². The normalized spacial score (nSPS) is 25.4. The molecule has 2 aliphatic heterocycles. The zero-order valence-electron chi connectivity index (χ0n) is 21.7. The van der Waals surface area contributed by atoms with E-state index >= 15 is 0 Å². The molecule has 2 heterocycles. The van der Waals surface area contributed by atoms with Crippen LogP contribution in [0.15, 0.2) is 78.9 Å². The van der Waals surface area contributed by atoms with Gasteiger partial charge in [0.05, 0.1) is 18.8 Å². The van der Waals surface area contributed by atoms with Gasteiger partial charge in [0.25, 0.3) is 0 Å². The quantitative estimate of drug-likeness (QED) is 0.426. The summed E-state index contributed by atoms with van der Waals surface area (Å²) in [4.78, 5) is 2.60. The van der Waals surface area contributed by atoms with Crippen LogP contribution < -0.4 is 5.73 Å². The van der Waals surface area contributed by atoms with Crippen molar-refractivity contribution in [1.29, 1.82) is 0 Å². The Morgan fingerprint density at radius 1 is 0.703 bits per heavy atom. The molecule has 3 aromatic carbocycles. The summed E-state index contributed by atoms with van der Waals surface area (Å²) in [6, 6.07) is 27.1. The molecule has 2 fully saturated rings. The lowest BCUT2D eigenvalue weighted by atomic mass is 9.83. The molecule has 0 saturated carbocycles. The number of rotatable bonds is 7. The molecular weight excluding hydrogens is 460 g/mol. The third-order valence-electron chi connectivity index (χ3n) is 7.85. The van der Waals surface area contributed by atoms with Crippen LogP contribution in [0.3, 0.4) is 0 Å². The lowest BCUT2D eigenvalue weighted by molar-refractivity contribution is -0.263. The highest BCUT2D eigenvalue weighted by Crippen LogP contribution is 2.47. The number of hydrogen-bond acceptors (Lipinski definition) is 5. The maximum atomic E-state index is 9.60. The van der Waals surface area contributed by atoms with Gasteiger partial charge in [0.2, 0.25) is 0 Å². The second-order valence-corrected chi connectivity index (χ2v) is 10.4. The number of aliphatic hydroxyl groups excluding tert-OH is 1. The number of nitrogens with zero attached hydrogens (tertiary/aromatic N) is 1. The fourth-order valence-corrected chi connectivity index (χ4v) is 5.73. The van der Waals surface area contributed by atoms with Crippen LogP contribution >= 0.6 is 0 Å². The van der Waals surface area contributed by atoms with Crippen LogP contribution in [0.1, 0.15) is 78.2 Å². The molecule has 0 amide bonds. The zero-order valence-corrected chi connectivity index (χ0v) is 21.7. The predicted octanol–water partition coefficient (Wildman–Crippen LogP) is 5.84. The van der Waals surface area contributed by atoms with E-state index in [-0.39, 0.29) is 24.7 Å². The highest BCUT2D eigenvalue weighted by molar-refractivity contribution is 5.32. The van der Waals surface area contributed by atoms with Crippen molar-refractivity contribution in [3.8, 4) is 0 Å². The summed E-state index contributed by atoms with van der Waals surface area (Å²) in [6.45, 7) is 3.67. The summed E-state index contributed by atoms with van der Waals surface area (Å²) in [5, 5.41) is 9.60. The van der Waals surface area contributed by atoms with E-state index in [0.717, 1.165) is 41.9 Å². The van der Waals surface area contributed by atoms with Crippen molar-refractivity contribution in [2.24, 2.45) is 5.73 Å². The van der Waals surface area contributed by atoms with Crippen LogP contribution in [0, 0.1) is 0 Å². The van der Waals surface area contributed by atoms with Crippen LogP contribution in [0.5, 0.6) is 0 Å². The Kier molecular flexibility index (Phi) is 9.03. The van der Waals surface area contributed by atoms with Crippen molar-refractivity contribution in [3.63, 3.8) is 0 Å². The molecule has 4 atom stereocenters. The van der Waals surface area contributed by atoms with Gasteiger partial charge in [-0.25, -0.2) is 0 Å². The number of benzene rings is 3. The Hall–Kier alpha value is -2.54. The monoisotopic (exact) mass is 500 g/mol. The minimum atomic E-state index is -0.464. The fourth-order valence-electron chi connectivity index (χ4n) is 5.73. The summed E-state index contributed by atoms with van der Waals surface area (Å²) in [7, 11) is 0. The molecule has 2 saturated heterocycles. The van der Waals surface area contributed by atoms with Gasteiger partial charge in [-0.3, -0.25) is 0 Å². The van der Waals surface area contributed by atoms with E-state index in [2.05, 4.69) is 71.6 Å². The van der Waals surface area contributed by atoms with E-state index in [1.807, 2.05) is 12.1 Å². The third kappa shape index (κ3) is 6.49. The summed E-state index contributed by atoms with van der Waals surface area (Å²) in [5.74, 6) is 0.0474. The van der Waals surface area contributed by atoms with E-state index in [9.17, 15) is 5.11 Å². The first-order valence-electron chi connectivity index (χ1n) is 13.8. The standard InChI is InChI=1S/C32H40N2O3/c33-21-24-11-17-28(18-12-24)32-36-29(22-34-19-7-2-1-3-8-20-34)30(26-9-5-4-6-10-26)31(37-32)27-15-13-25(23-35)14-16-27/h4-6,9-18,29-32,35H,1-3,7-8,19-23,33H2. The van der Waals surface area contributed by atoms with Crippen molar-refractivity contribution < 1.29 is 14.6 Å². The van der Waals surface area contributed by atoms with Crippen LogP contribution in [0.4, 0.5) is 0 Å². The minimum Gasteiger partial charge on any atom is -0.392 e.